The van der Waals surface area contributed by atoms with E-state index in [1.54, 1.807) is 11.9 Å². The molecule has 0 bridgehead atoms. The highest BCUT2D eigenvalue weighted by Crippen LogP contribution is 2.35. The fourth-order valence-corrected chi connectivity index (χ4v) is 4.91. The molecule has 2 atom stereocenters. The zero-order chi connectivity index (χ0) is 24.4. The molecule has 3 amide bonds. The molecule has 1 saturated heterocycles. The summed E-state index contributed by atoms with van der Waals surface area (Å²) in [5.74, 6) is -0.939. The van der Waals surface area contributed by atoms with Gasteiger partial charge in [0.25, 0.3) is 0 Å². The van der Waals surface area contributed by atoms with Gasteiger partial charge in [-0.2, -0.15) is 5.10 Å². The number of imide groups is 1. The van der Waals surface area contributed by atoms with Crippen molar-refractivity contribution in [1.29, 1.82) is 0 Å². The smallest absolute Gasteiger partial charge is 0.233 e. The Bertz CT molecular complexity index is 1240. The van der Waals surface area contributed by atoms with Crippen LogP contribution in [0.2, 0.25) is 0 Å². The number of likely N-dealkylation sites (tertiary alicyclic amines) is 1. The average molecular weight is 469 g/mol. The molecule has 178 valence electrons. The maximum absolute atomic E-state index is 13.0. The van der Waals surface area contributed by atoms with Crippen molar-refractivity contribution in [2.24, 2.45) is 11.8 Å². The number of benzene rings is 2. The van der Waals surface area contributed by atoms with Gasteiger partial charge in [-0.25, -0.2) is 4.68 Å². The minimum Gasteiger partial charge on any atom is -0.341 e. The Morgan fingerprint density at radius 1 is 0.943 bits per heavy atom. The predicted octanol–water partition coefficient (Wildman–Crippen LogP) is 3.84. The normalized spacial score (nSPS) is 19.2. The lowest BCUT2D eigenvalue weighted by Crippen LogP contribution is -2.36. The number of carbonyl (C=O) groups is 3. The van der Waals surface area contributed by atoms with Gasteiger partial charge in [0.1, 0.15) is 0 Å². The van der Waals surface area contributed by atoms with Crippen molar-refractivity contribution in [2.45, 2.75) is 25.8 Å². The summed E-state index contributed by atoms with van der Waals surface area (Å²) < 4.78 is 1.83. The van der Waals surface area contributed by atoms with E-state index in [2.05, 4.69) is 0 Å². The van der Waals surface area contributed by atoms with Crippen LogP contribution >= 0.6 is 0 Å². The molecule has 0 N–H and O–H groups in total. The Morgan fingerprint density at radius 3 is 2.17 bits per heavy atom. The van der Waals surface area contributed by atoms with Crippen LogP contribution in [0.5, 0.6) is 0 Å². The summed E-state index contributed by atoms with van der Waals surface area (Å²) in [5, 5.41) is 4.81. The molecule has 3 aromatic rings. The zero-order valence-corrected chi connectivity index (χ0v) is 19.7. The van der Waals surface area contributed by atoms with E-state index in [9.17, 15) is 14.4 Å². The summed E-state index contributed by atoms with van der Waals surface area (Å²) >= 11 is 0. The lowest BCUT2D eigenvalue weighted by Gasteiger charge is -2.20. The quantitative estimate of drug-likeness (QED) is 0.390. The number of allylic oxidation sites excluding steroid dienone is 2. The van der Waals surface area contributed by atoms with Gasteiger partial charge in [0.2, 0.25) is 17.7 Å². The van der Waals surface area contributed by atoms with Crippen molar-refractivity contribution in [3.8, 4) is 16.9 Å². The number of hydrogen-bond donors (Lipinski definition) is 0. The third kappa shape index (κ3) is 4.54. The molecule has 5 rings (SSSR count). The highest BCUT2D eigenvalue weighted by atomic mass is 16.2. The van der Waals surface area contributed by atoms with Crippen molar-refractivity contribution < 1.29 is 14.4 Å². The standard InChI is InChI=1S/C28H28N4O3/c1-30(25(33)16-17-31-27(34)23-14-8-9-15-24(23)28(31)35)18-21-19-32(22-12-6-3-7-13-22)29-26(21)20-10-4-2-5-11-20/h2-13,19,23-24H,14-18H2,1H3/t23-,24-/m1/s1. The zero-order valence-electron chi connectivity index (χ0n) is 19.7. The molecule has 1 aliphatic heterocycles. The minimum absolute atomic E-state index is 0.105. The van der Waals surface area contributed by atoms with Crippen LogP contribution in [0.15, 0.2) is 79.0 Å². The molecule has 0 saturated carbocycles. The van der Waals surface area contributed by atoms with E-state index in [1.165, 1.54) is 4.90 Å². The summed E-state index contributed by atoms with van der Waals surface area (Å²) in [6.07, 6.45) is 7.20. The fourth-order valence-electron chi connectivity index (χ4n) is 4.91. The van der Waals surface area contributed by atoms with Crippen LogP contribution in [0, 0.1) is 11.8 Å². The van der Waals surface area contributed by atoms with E-state index < -0.39 is 0 Å². The Labute approximate surface area is 204 Å². The molecular weight excluding hydrogens is 440 g/mol. The second kappa shape index (κ2) is 9.70. The number of aromatic nitrogens is 2. The van der Waals surface area contributed by atoms with Crippen LogP contribution in [-0.2, 0) is 20.9 Å². The largest absolute Gasteiger partial charge is 0.341 e. The van der Waals surface area contributed by atoms with Gasteiger partial charge in [-0.15, -0.1) is 0 Å². The van der Waals surface area contributed by atoms with Gasteiger partial charge < -0.3 is 4.90 Å². The second-order valence-electron chi connectivity index (χ2n) is 9.13. The summed E-state index contributed by atoms with van der Waals surface area (Å²) in [7, 11) is 1.74. The van der Waals surface area contributed by atoms with Crippen molar-refractivity contribution in [3.63, 3.8) is 0 Å². The van der Waals surface area contributed by atoms with Gasteiger partial charge in [-0.3, -0.25) is 19.3 Å². The Balaban J connectivity index is 1.30. The topological polar surface area (TPSA) is 75.5 Å². The van der Waals surface area contributed by atoms with Crippen molar-refractivity contribution in [2.75, 3.05) is 13.6 Å². The van der Waals surface area contributed by atoms with Gasteiger partial charge in [0, 0.05) is 43.9 Å². The molecular formula is C28H28N4O3. The van der Waals surface area contributed by atoms with Gasteiger partial charge in [-0.05, 0) is 25.0 Å². The molecule has 1 aliphatic carbocycles. The average Bonchev–Trinajstić information content (AvgIpc) is 3.42. The number of hydrogen-bond acceptors (Lipinski definition) is 4. The molecule has 0 spiro atoms. The van der Waals surface area contributed by atoms with Crippen LogP contribution in [-0.4, -0.2) is 50.9 Å². The van der Waals surface area contributed by atoms with E-state index >= 15 is 0 Å². The lowest BCUT2D eigenvalue weighted by atomic mass is 9.85. The van der Waals surface area contributed by atoms with Gasteiger partial charge in [0.05, 0.1) is 23.2 Å². The molecule has 2 aromatic carbocycles. The molecule has 0 unspecified atom stereocenters. The number of rotatable bonds is 7. The molecule has 0 radical (unpaired) electrons. The third-order valence-electron chi connectivity index (χ3n) is 6.84. The molecule has 7 heteroatoms. The third-order valence-corrected chi connectivity index (χ3v) is 6.84. The molecule has 1 aromatic heterocycles. The summed E-state index contributed by atoms with van der Waals surface area (Å²) in [4.78, 5) is 41.3. The first-order valence-corrected chi connectivity index (χ1v) is 12.0. The number of fused-ring (bicyclic) bond motifs is 1. The summed E-state index contributed by atoms with van der Waals surface area (Å²) in [5.41, 5.74) is 3.64. The minimum atomic E-state index is -0.266. The van der Waals surface area contributed by atoms with Gasteiger partial charge in [-0.1, -0.05) is 60.7 Å². The first-order chi connectivity index (χ1) is 17.0. The summed E-state index contributed by atoms with van der Waals surface area (Å²) in [6, 6.07) is 19.7. The van der Waals surface area contributed by atoms with Crippen molar-refractivity contribution in [1.82, 2.24) is 19.6 Å². The summed E-state index contributed by atoms with van der Waals surface area (Å²) in [6.45, 7) is 0.496. The predicted molar refractivity (Wildman–Crippen MR) is 132 cm³/mol. The van der Waals surface area contributed by atoms with Crippen molar-refractivity contribution in [3.05, 3.63) is 84.6 Å². The van der Waals surface area contributed by atoms with E-state index in [4.69, 9.17) is 5.10 Å². The first-order valence-electron chi connectivity index (χ1n) is 12.0. The van der Waals surface area contributed by atoms with E-state index in [0.717, 1.165) is 22.5 Å². The second-order valence-corrected chi connectivity index (χ2v) is 9.13. The van der Waals surface area contributed by atoms with Crippen LogP contribution in [0.4, 0.5) is 0 Å². The maximum Gasteiger partial charge on any atom is 0.233 e. The van der Waals surface area contributed by atoms with E-state index in [-0.39, 0.29) is 42.5 Å². The van der Waals surface area contributed by atoms with Crippen molar-refractivity contribution >= 4 is 17.7 Å². The highest BCUT2D eigenvalue weighted by molar-refractivity contribution is 6.05. The van der Waals surface area contributed by atoms with Crippen LogP contribution < -0.4 is 0 Å². The van der Waals surface area contributed by atoms with Crippen LogP contribution in [0.3, 0.4) is 0 Å². The highest BCUT2D eigenvalue weighted by Gasteiger charge is 2.46. The number of amides is 3. The van der Waals surface area contributed by atoms with E-state index in [1.807, 2.05) is 83.7 Å². The number of para-hydroxylation sites is 1. The van der Waals surface area contributed by atoms with E-state index in [0.29, 0.717) is 19.4 Å². The first kappa shape index (κ1) is 22.8. The lowest BCUT2D eigenvalue weighted by molar-refractivity contribution is -0.140. The Hall–Kier alpha value is -4.00. The van der Waals surface area contributed by atoms with Crippen LogP contribution in [0.25, 0.3) is 16.9 Å². The monoisotopic (exact) mass is 468 g/mol. The van der Waals surface area contributed by atoms with Gasteiger partial charge >= 0.3 is 0 Å². The molecule has 7 nitrogen and oxygen atoms in total. The number of carbonyl (C=O) groups excluding carboxylic acids is 3. The maximum atomic E-state index is 13.0. The number of nitrogens with zero attached hydrogens (tertiary/aromatic N) is 4. The molecule has 35 heavy (non-hydrogen) atoms. The molecule has 2 aliphatic rings. The Morgan fingerprint density at radius 2 is 1.54 bits per heavy atom. The Kier molecular flexibility index (Phi) is 6.31. The SMILES string of the molecule is CN(Cc1cn(-c2ccccc2)nc1-c1ccccc1)C(=O)CCN1C(=O)[C@@H]2CC=CC[C@H]2C1=O. The molecule has 1 fully saturated rings. The van der Waals surface area contributed by atoms with Crippen LogP contribution in [0.1, 0.15) is 24.8 Å². The fraction of sp³-hybridized carbons (Fsp3) is 0.286. The van der Waals surface area contributed by atoms with Gasteiger partial charge in [0.15, 0.2) is 0 Å². The molecule has 2 heterocycles.